The van der Waals surface area contributed by atoms with Gasteiger partial charge in [0.15, 0.2) is 5.78 Å². The quantitative estimate of drug-likeness (QED) is 0.521. The van der Waals surface area contributed by atoms with Gasteiger partial charge in [0.05, 0.1) is 5.56 Å². The molecule has 2 rings (SSSR count). The summed E-state index contributed by atoms with van der Waals surface area (Å²) in [5, 5.41) is 0. The molecule has 2 aromatic rings. The zero-order valence-electron chi connectivity index (χ0n) is 10.3. The maximum atomic E-state index is 13.4. The maximum Gasteiger partial charge on any atom is 0.419 e. The van der Waals surface area contributed by atoms with Gasteiger partial charge in [-0.1, -0.05) is 6.07 Å². The van der Waals surface area contributed by atoms with E-state index in [4.69, 9.17) is 5.73 Å². The Bertz CT molecular complexity index is 709. The van der Waals surface area contributed by atoms with Crippen LogP contribution in [-0.4, -0.2) is 5.78 Å². The second-order valence-electron chi connectivity index (χ2n) is 4.25. The number of anilines is 1. The van der Waals surface area contributed by atoms with Crippen LogP contribution < -0.4 is 5.73 Å². The second kappa shape index (κ2) is 5.16. The third-order valence-corrected chi connectivity index (χ3v) is 2.80. The SMILES string of the molecule is Nc1ccc(F)cc1C(=O)c1ccc(C(F)(F)F)c(F)c1. The Balaban J connectivity index is 2.45. The van der Waals surface area contributed by atoms with Crippen molar-refractivity contribution in [3.8, 4) is 0 Å². The van der Waals surface area contributed by atoms with Crippen molar-refractivity contribution in [2.75, 3.05) is 5.73 Å². The predicted octanol–water partition coefficient (Wildman–Crippen LogP) is 3.80. The fourth-order valence-electron chi connectivity index (χ4n) is 1.77. The lowest BCUT2D eigenvalue weighted by atomic mass is 10.00. The number of nitrogens with two attached hydrogens (primary N) is 1. The Morgan fingerprint density at radius 1 is 1.00 bits per heavy atom. The number of benzene rings is 2. The van der Waals surface area contributed by atoms with Crippen molar-refractivity contribution in [2.24, 2.45) is 0 Å². The van der Waals surface area contributed by atoms with Crippen molar-refractivity contribution in [3.63, 3.8) is 0 Å². The molecule has 0 radical (unpaired) electrons. The van der Waals surface area contributed by atoms with Gasteiger partial charge in [-0.25, -0.2) is 8.78 Å². The van der Waals surface area contributed by atoms with Gasteiger partial charge in [0.1, 0.15) is 11.6 Å². The van der Waals surface area contributed by atoms with Gasteiger partial charge in [0, 0.05) is 16.8 Å². The minimum absolute atomic E-state index is 0.0540. The first-order valence-electron chi connectivity index (χ1n) is 5.66. The lowest BCUT2D eigenvalue weighted by Gasteiger charge is -2.10. The molecule has 2 N–H and O–H groups in total. The summed E-state index contributed by atoms with van der Waals surface area (Å²) in [5.41, 5.74) is 3.38. The summed E-state index contributed by atoms with van der Waals surface area (Å²) >= 11 is 0. The molecule has 0 amide bonds. The first-order valence-corrected chi connectivity index (χ1v) is 5.66. The van der Waals surface area contributed by atoms with Crippen molar-refractivity contribution in [2.45, 2.75) is 6.18 Å². The zero-order chi connectivity index (χ0) is 15.8. The second-order valence-corrected chi connectivity index (χ2v) is 4.25. The van der Waals surface area contributed by atoms with Gasteiger partial charge in [-0.05, 0) is 30.3 Å². The molecule has 0 saturated carbocycles. The largest absolute Gasteiger partial charge is 0.419 e. The number of carbonyl (C=O) groups is 1. The van der Waals surface area contributed by atoms with Crippen molar-refractivity contribution in [1.29, 1.82) is 0 Å². The number of hydrogen-bond acceptors (Lipinski definition) is 2. The summed E-state index contributed by atoms with van der Waals surface area (Å²) in [6, 6.07) is 4.74. The summed E-state index contributed by atoms with van der Waals surface area (Å²) < 4.78 is 63.8. The van der Waals surface area contributed by atoms with Crippen molar-refractivity contribution >= 4 is 11.5 Å². The molecule has 0 spiro atoms. The van der Waals surface area contributed by atoms with E-state index in [-0.39, 0.29) is 16.8 Å². The average Bonchev–Trinajstić information content (AvgIpc) is 2.39. The lowest BCUT2D eigenvalue weighted by Crippen LogP contribution is -2.11. The molecule has 21 heavy (non-hydrogen) atoms. The van der Waals surface area contributed by atoms with Gasteiger partial charge < -0.3 is 5.73 Å². The molecule has 7 heteroatoms. The van der Waals surface area contributed by atoms with Crippen LogP contribution in [0.25, 0.3) is 0 Å². The highest BCUT2D eigenvalue weighted by atomic mass is 19.4. The first-order chi connectivity index (χ1) is 9.70. The molecule has 0 saturated heterocycles. The third-order valence-electron chi connectivity index (χ3n) is 2.80. The van der Waals surface area contributed by atoms with E-state index in [0.717, 1.165) is 24.3 Å². The molecule has 2 nitrogen and oxygen atoms in total. The zero-order valence-corrected chi connectivity index (χ0v) is 10.3. The van der Waals surface area contributed by atoms with Crippen LogP contribution in [0.4, 0.5) is 27.6 Å². The van der Waals surface area contributed by atoms with Crippen LogP contribution in [0.5, 0.6) is 0 Å². The molecule has 0 aliphatic rings. The van der Waals surface area contributed by atoms with E-state index in [2.05, 4.69) is 0 Å². The van der Waals surface area contributed by atoms with Crippen LogP contribution in [0.1, 0.15) is 21.5 Å². The van der Waals surface area contributed by atoms with Gasteiger partial charge in [-0.15, -0.1) is 0 Å². The highest BCUT2D eigenvalue weighted by Crippen LogP contribution is 2.32. The average molecular weight is 301 g/mol. The molecular formula is C14H8F5NO. The molecule has 110 valence electrons. The Morgan fingerprint density at radius 2 is 1.67 bits per heavy atom. The Kier molecular flexibility index (Phi) is 3.67. The highest BCUT2D eigenvalue weighted by Gasteiger charge is 2.34. The minimum Gasteiger partial charge on any atom is -0.398 e. The monoisotopic (exact) mass is 301 g/mol. The summed E-state index contributed by atoms with van der Waals surface area (Å²) in [5.74, 6) is -3.18. The van der Waals surface area contributed by atoms with Crippen LogP contribution in [0.15, 0.2) is 36.4 Å². The van der Waals surface area contributed by atoms with Crippen LogP contribution in [0.2, 0.25) is 0 Å². The standard InChI is InChI=1S/C14H8F5NO/c15-8-2-4-12(20)9(6-8)13(21)7-1-3-10(11(16)5-7)14(17,18)19/h1-6H,20H2. The van der Waals surface area contributed by atoms with Gasteiger partial charge >= 0.3 is 6.18 Å². The van der Waals surface area contributed by atoms with Gasteiger partial charge in [-0.2, -0.15) is 13.2 Å². The Labute approximate surface area is 116 Å². The van der Waals surface area contributed by atoms with E-state index in [1.165, 1.54) is 0 Å². The molecule has 0 aliphatic carbocycles. The van der Waals surface area contributed by atoms with Gasteiger partial charge in [-0.3, -0.25) is 4.79 Å². The predicted molar refractivity (Wildman–Crippen MR) is 65.6 cm³/mol. The molecule has 0 aromatic heterocycles. The summed E-state index contributed by atoms with van der Waals surface area (Å²) in [4.78, 5) is 12.0. The van der Waals surface area contributed by atoms with E-state index in [9.17, 15) is 26.7 Å². The number of hydrogen-bond donors (Lipinski definition) is 1. The number of ketones is 1. The molecule has 0 fully saturated rings. The van der Waals surface area contributed by atoms with Crippen LogP contribution >= 0.6 is 0 Å². The molecule has 0 atom stereocenters. The lowest BCUT2D eigenvalue weighted by molar-refractivity contribution is -0.140. The fourth-order valence-corrected chi connectivity index (χ4v) is 1.77. The maximum absolute atomic E-state index is 13.4. The summed E-state index contributed by atoms with van der Waals surface area (Å²) in [6.07, 6.45) is -4.86. The normalized spacial score (nSPS) is 11.5. The third kappa shape index (κ3) is 3.01. The molecule has 0 bridgehead atoms. The number of rotatable bonds is 2. The summed E-state index contributed by atoms with van der Waals surface area (Å²) in [7, 11) is 0. The number of alkyl halides is 3. The molecular weight excluding hydrogens is 293 g/mol. The van der Waals surface area contributed by atoms with Crippen molar-refractivity contribution in [1.82, 2.24) is 0 Å². The van der Waals surface area contributed by atoms with E-state index < -0.39 is 29.2 Å². The van der Waals surface area contributed by atoms with Crippen LogP contribution in [0, 0.1) is 11.6 Å². The Hall–Kier alpha value is -2.44. The van der Waals surface area contributed by atoms with Gasteiger partial charge in [0.25, 0.3) is 0 Å². The fraction of sp³-hybridized carbons (Fsp3) is 0.0714. The van der Waals surface area contributed by atoms with Crippen LogP contribution in [-0.2, 0) is 6.18 Å². The van der Waals surface area contributed by atoms with E-state index >= 15 is 0 Å². The smallest absolute Gasteiger partial charge is 0.398 e. The molecule has 0 aliphatic heterocycles. The van der Waals surface area contributed by atoms with Crippen molar-refractivity contribution < 1.29 is 26.7 Å². The van der Waals surface area contributed by atoms with Gasteiger partial charge in [0.2, 0.25) is 0 Å². The van der Waals surface area contributed by atoms with E-state index in [1.54, 1.807) is 0 Å². The van der Waals surface area contributed by atoms with E-state index in [0.29, 0.717) is 12.1 Å². The number of nitrogen functional groups attached to an aromatic ring is 1. The molecule has 0 unspecified atom stereocenters. The number of halogens is 5. The van der Waals surface area contributed by atoms with Crippen LogP contribution in [0.3, 0.4) is 0 Å². The number of carbonyl (C=O) groups excluding carboxylic acids is 1. The summed E-state index contributed by atoms with van der Waals surface area (Å²) in [6.45, 7) is 0. The molecule has 0 heterocycles. The van der Waals surface area contributed by atoms with Crippen molar-refractivity contribution in [3.05, 3.63) is 64.7 Å². The minimum atomic E-state index is -4.86. The van der Waals surface area contributed by atoms with E-state index in [1.807, 2.05) is 0 Å². The highest BCUT2D eigenvalue weighted by molar-refractivity contribution is 6.12. The first kappa shape index (κ1) is 15.0. The Morgan fingerprint density at radius 3 is 2.24 bits per heavy atom. The molecule has 2 aromatic carbocycles. The topological polar surface area (TPSA) is 43.1 Å².